The molecule has 1 aliphatic heterocycles. The van der Waals surface area contributed by atoms with Crippen LogP contribution >= 0.6 is 0 Å². The van der Waals surface area contributed by atoms with Gasteiger partial charge in [0, 0.05) is 13.1 Å². The van der Waals surface area contributed by atoms with E-state index >= 15 is 0 Å². The molecule has 0 bridgehead atoms. The van der Waals surface area contributed by atoms with Gasteiger partial charge in [-0.05, 0) is 31.0 Å². The van der Waals surface area contributed by atoms with Crippen LogP contribution in [0.25, 0.3) is 0 Å². The Morgan fingerprint density at radius 3 is 2.63 bits per heavy atom. The van der Waals surface area contributed by atoms with Crippen molar-refractivity contribution in [3.63, 3.8) is 0 Å². The molecular weight excluding hydrogens is 268 g/mol. The number of sulfonamides is 1. The zero-order chi connectivity index (χ0) is 13.9. The standard InChI is InChI=1S/C12H16N2O4S/c15-10-4-3-5-11(8-10)19(17,18)13-9-12(16)14-6-1-2-7-14/h3-5,8,13,15H,1-2,6-7,9H2. The molecule has 1 fully saturated rings. The third-order valence-electron chi connectivity index (χ3n) is 3.00. The third-order valence-corrected chi connectivity index (χ3v) is 4.40. The van der Waals surface area contributed by atoms with E-state index in [4.69, 9.17) is 0 Å². The van der Waals surface area contributed by atoms with Gasteiger partial charge in [-0.1, -0.05) is 6.07 Å². The van der Waals surface area contributed by atoms with Crippen molar-refractivity contribution in [1.29, 1.82) is 0 Å². The molecule has 7 heteroatoms. The van der Waals surface area contributed by atoms with Crippen LogP contribution in [0.1, 0.15) is 12.8 Å². The van der Waals surface area contributed by atoms with Gasteiger partial charge in [0.1, 0.15) is 5.75 Å². The molecule has 1 heterocycles. The van der Waals surface area contributed by atoms with Crippen LogP contribution < -0.4 is 4.72 Å². The van der Waals surface area contributed by atoms with E-state index in [1.165, 1.54) is 18.2 Å². The number of phenolic OH excluding ortho intramolecular Hbond substituents is 1. The van der Waals surface area contributed by atoms with Gasteiger partial charge >= 0.3 is 0 Å². The molecule has 104 valence electrons. The highest BCUT2D eigenvalue weighted by molar-refractivity contribution is 7.89. The lowest BCUT2D eigenvalue weighted by Crippen LogP contribution is -2.38. The molecule has 1 aliphatic rings. The maximum absolute atomic E-state index is 11.9. The Morgan fingerprint density at radius 1 is 1.32 bits per heavy atom. The van der Waals surface area contributed by atoms with Crippen LogP contribution in [-0.4, -0.2) is 44.0 Å². The minimum Gasteiger partial charge on any atom is -0.508 e. The van der Waals surface area contributed by atoms with Crippen LogP contribution in [0.5, 0.6) is 5.75 Å². The largest absolute Gasteiger partial charge is 0.508 e. The number of hydrogen-bond acceptors (Lipinski definition) is 4. The molecule has 1 amide bonds. The fraction of sp³-hybridized carbons (Fsp3) is 0.417. The molecule has 0 saturated carbocycles. The lowest BCUT2D eigenvalue weighted by Gasteiger charge is -2.15. The van der Waals surface area contributed by atoms with Crippen molar-refractivity contribution in [2.45, 2.75) is 17.7 Å². The summed E-state index contributed by atoms with van der Waals surface area (Å²) in [6.07, 6.45) is 1.93. The van der Waals surface area contributed by atoms with E-state index in [1.54, 1.807) is 4.90 Å². The van der Waals surface area contributed by atoms with E-state index in [-0.39, 0.29) is 23.1 Å². The van der Waals surface area contributed by atoms with Gasteiger partial charge in [0.2, 0.25) is 15.9 Å². The van der Waals surface area contributed by atoms with Crippen LogP contribution in [0.4, 0.5) is 0 Å². The average molecular weight is 284 g/mol. The summed E-state index contributed by atoms with van der Waals surface area (Å²) in [4.78, 5) is 13.3. The molecule has 0 unspecified atom stereocenters. The van der Waals surface area contributed by atoms with Crippen molar-refractivity contribution in [3.8, 4) is 5.75 Å². The first kappa shape index (κ1) is 13.8. The van der Waals surface area contributed by atoms with Crippen LogP contribution in [0.3, 0.4) is 0 Å². The monoisotopic (exact) mass is 284 g/mol. The smallest absolute Gasteiger partial charge is 0.241 e. The topological polar surface area (TPSA) is 86.7 Å². The Balaban J connectivity index is 1.99. The van der Waals surface area contributed by atoms with Gasteiger partial charge in [0.05, 0.1) is 11.4 Å². The first-order valence-electron chi connectivity index (χ1n) is 6.05. The van der Waals surface area contributed by atoms with Crippen LogP contribution in [0.15, 0.2) is 29.2 Å². The zero-order valence-electron chi connectivity index (χ0n) is 10.4. The van der Waals surface area contributed by atoms with E-state index in [0.29, 0.717) is 13.1 Å². The minimum absolute atomic E-state index is 0.0540. The van der Waals surface area contributed by atoms with Crippen LogP contribution in [0.2, 0.25) is 0 Å². The summed E-state index contributed by atoms with van der Waals surface area (Å²) in [6, 6.07) is 5.33. The maximum atomic E-state index is 11.9. The zero-order valence-corrected chi connectivity index (χ0v) is 11.2. The molecule has 0 aromatic heterocycles. The van der Waals surface area contributed by atoms with Gasteiger partial charge in [-0.15, -0.1) is 0 Å². The second-order valence-electron chi connectivity index (χ2n) is 4.41. The van der Waals surface area contributed by atoms with Gasteiger partial charge < -0.3 is 10.0 Å². The summed E-state index contributed by atoms with van der Waals surface area (Å²) in [5.41, 5.74) is 0. The second kappa shape index (κ2) is 5.58. The predicted molar refractivity (Wildman–Crippen MR) is 69.1 cm³/mol. The molecule has 0 atom stereocenters. The van der Waals surface area contributed by atoms with E-state index in [2.05, 4.69) is 4.72 Å². The molecule has 1 aromatic carbocycles. The summed E-state index contributed by atoms with van der Waals surface area (Å²) in [5, 5.41) is 9.26. The number of phenols is 1. The SMILES string of the molecule is O=C(CNS(=O)(=O)c1cccc(O)c1)N1CCCC1. The van der Waals surface area contributed by atoms with E-state index in [0.717, 1.165) is 18.9 Å². The Kier molecular flexibility index (Phi) is 4.06. The highest BCUT2D eigenvalue weighted by Gasteiger charge is 2.21. The van der Waals surface area contributed by atoms with Gasteiger partial charge in [-0.25, -0.2) is 13.1 Å². The molecule has 19 heavy (non-hydrogen) atoms. The molecule has 0 aliphatic carbocycles. The molecular formula is C12H16N2O4S. The third kappa shape index (κ3) is 3.45. The Labute approximate surface area is 112 Å². The molecule has 1 saturated heterocycles. The summed E-state index contributed by atoms with van der Waals surface area (Å²) >= 11 is 0. The first-order chi connectivity index (χ1) is 8.99. The second-order valence-corrected chi connectivity index (χ2v) is 6.18. The molecule has 1 aromatic rings. The minimum atomic E-state index is -3.76. The van der Waals surface area contributed by atoms with E-state index in [1.807, 2.05) is 0 Å². The van der Waals surface area contributed by atoms with Crippen molar-refractivity contribution in [2.24, 2.45) is 0 Å². The first-order valence-corrected chi connectivity index (χ1v) is 7.54. The Bertz CT molecular complexity index is 565. The number of benzene rings is 1. The number of rotatable bonds is 4. The summed E-state index contributed by atoms with van der Waals surface area (Å²) in [7, 11) is -3.76. The normalized spacial score (nSPS) is 15.7. The number of nitrogens with one attached hydrogen (secondary N) is 1. The number of carbonyl (C=O) groups excluding carboxylic acids is 1. The van der Waals surface area contributed by atoms with Crippen molar-refractivity contribution in [2.75, 3.05) is 19.6 Å². The van der Waals surface area contributed by atoms with Crippen molar-refractivity contribution < 1.29 is 18.3 Å². The molecule has 0 spiro atoms. The number of aromatic hydroxyl groups is 1. The van der Waals surface area contributed by atoms with E-state index in [9.17, 15) is 18.3 Å². The number of hydrogen-bond donors (Lipinski definition) is 2. The summed E-state index contributed by atoms with van der Waals surface area (Å²) in [6.45, 7) is 1.12. The summed E-state index contributed by atoms with van der Waals surface area (Å²) < 4.78 is 26.1. The highest BCUT2D eigenvalue weighted by Crippen LogP contribution is 2.15. The highest BCUT2D eigenvalue weighted by atomic mass is 32.2. The molecule has 2 rings (SSSR count). The van der Waals surface area contributed by atoms with Crippen molar-refractivity contribution in [3.05, 3.63) is 24.3 Å². The quantitative estimate of drug-likeness (QED) is 0.832. The fourth-order valence-corrected chi connectivity index (χ4v) is 2.98. The van der Waals surface area contributed by atoms with Gasteiger partial charge in [0.25, 0.3) is 0 Å². The van der Waals surface area contributed by atoms with Gasteiger partial charge in [0.15, 0.2) is 0 Å². The van der Waals surface area contributed by atoms with Crippen LogP contribution in [-0.2, 0) is 14.8 Å². The molecule has 6 nitrogen and oxygen atoms in total. The molecule has 2 N–H and O–H groups in total. The van der Waals surface area contributed by atoms with Crippen molar-refractivity contribution >= 4 is 15.9 Å². The lowest BCUT2D eigenvalue weighted by atomic mass is 10.3. The Hall–Kier alpha value is -1.60. The van der Waals surface area contributed by atoms with Crippen molar-refractivity contribution in [1.82, 2.24) is 9.62 Å². The predicted octanol–water partition coefficient (Wildman–Crippen LogP) is 0.293. The summed E-state index contributed by atoms with van der Waals surface area (Å²) in [5.74, 6) is -0.352. The number of carbonyl (C=O) groups is 1. The molecule has 0 radical (unpaired) electrons. The van der Waals surface area contributed by atoms with Crippen LogP contribution in [0, 0.1) is 0 Å². The Morgan fingerprint density at radius 2 is 2.00 bits per heavy atom. The van der Waals surface area contributed by atoms with E-state index < -0.39 is 10.0 Å². The lowest BCUT2D eigenvalue weighted by molar-refractivity contribution is -0.128. The number of nitrogens with zero attached hydrogens (tertiary/aromatic N) is 1. The number of likely N-dealkylation sites (tertiary alicyclic amines) is 1. The van der Waals surface area contributed by atoms with Gasteiger partial charge in [-0.3, -0.25) is 4.79 Å². The fourth-order valence-electron chi connectivity index (χ4n) is 1.97. The maximum Gasteiger partial charge on any atom is 0.241 e. The van der Waals surface area contributed by atoms with Gasteiger partial charge in [-0.2, -0.15) is 0 Å². The number of amides is 1. The average Bonchev–Trinajstić information content (AvgIpc) is 2.90.